The SMILES string of the molecule is CC1(C)c2c(ccc3c2C(C)(C)c2c-3ccc3c2C(C)(C(F)(F)F)c2ccccc2-3)-c2ccc3c(c21)C(C)(C)c1c-3ccc2c1C(C)(C(F)(F)F)c1cc(-c3cc(Oc4ccc(-c5nccc6ccccc56)cc4)cc(-c4ccc5c(c4)C(C)(C(F)(F)F)c4c-5ccc5c4C(C)(C(F)(F)F)c4c-5ccc5c4C(C)(C(F)(F)F)c4c-5ccc5c4C(C)(C(F)(F)F)c4c-5ccc5c4C(C)(C(F)(F)F)c4ccccc4-5)c3)ccc1-2. The first-order valence-electron chi connectivity index (χ1n) is 48.0. The fourth-order valence-corrected chi connectivity index (χ4v) is 29.0. The number of nitrogens with zero attached hydrogens (tertiary/aromatic N) is 1. The summed E-state index contributed by atoms with van der Waals surface area (Å²) in [7, 11) is 0. The minimum absolute atomic E-state index is 0.00119. The molecule has 0 radical (unpaired) electrons. The van der Waals surface area contributed by atoms with E-state index in [-0.39, 0.29) is 78.3 Å². The molecule has 0 amide bonds. The van der Waals surface area contributed by atoms with Crippen molar-refractivity contribution in [3.8, 4) is 156 Å². The van der Waals surface area contributed by atoms with E-state index in [0.717, 1.165) is 111 Å². The predicted molar refractivity (Wildman–Crippen MR) is 523 cm³/mol. The Bertz CT molecular complexity index is 8740. The Kier molecular flexibility index (Phi) is 17.4. The average Bonchev–Trinajstić information content (AvgIpc) is 1.47. The molecule has 0 saturated carbocycles. The lowest BCUT2D eigenvalue weighted by Gasteiger charge is -2.41. The summed E-state index contributed by atoms with van der Waals surface area (Å²) in [5.41, 5.74) is -29.1. The number of aromatic nitrogens is 1. The summed E-state index contributed by atoms with van der Waals surface area (Å²) in [5.74, 6) is 0.201. The molecule has 15 aromatic carbocycles. The third-order valence-electron chi connectivity index (χ3n) is 35.9. The molecule has 23 heteroatoms. The summed E-state index contributed by atoms with van der Waals surface area (Å²) in [6.07, 6.45) is -36.6. The Hall–Kier alpha value is -14.0. The maximum atomic E-state index is 17.8. The zero-order valence-corrected chi connectivity index (χ0v) is 80.1. The van der Waals surface area contributed by atoms with E-state index in [0.29, 0.717) is 90.4 Å². The molecule has 0 N–H and O–H groups in total. The molecule has 7 unspecified atom stereocenters. The van der Waals surface area contributed by atoms with Crippen LogP contribution in [-0.2, 0) is 54.1 Å². The van der Waals surface area contributed by atoms with Gasteiger partial charge in [0, 0.05) is 33.4 Å². The number of hydrogen-bond donors (Lipinski definition) is 0. The van der Waals surface area contributed by atoms with E-state index in [2.05, 4.69) is 18.8 Å². The molecule has 7 atom stereocenters. The maximum absolute atomic E-state index is 17.8. The third-order valence-corrected chi connectivity index (χ3v) is 35.9. The fraction of sp³-hybridized carbons (Fsp3) is 0.244. The van der Waals surface area contributed by atoms with Gasteiger partial charge in [-0.05, 0) is 359 Å². The summed E-state index contributed by atoms with van der Waals surface area (Å²) >= 11 is 0. The smallest absolute Gasteiger partial charge is 0.402 e. The van der Waals surface area contributed by atoms with E-state index in [1.54, 1.807) is 85.1 Å². The Morgan fingerprint density at radius 1 is 0.185 bits per heavy atom. The van der Waals surface area contributed by atoms with E-state index < -0.39 is 192 Å². The quantitative estimate of drug-likeness (QED) is 0.160. The highest BCUT2D eigenvalue weighted by Gasteiger charge is 2.74. The number of benzene rings is 15. The number of hydrogen-bond acceptors (Lipinski definition) is 2. The zero-order chi connectivity index (χ0) is 103. The van der Waals surface area contributed by atoms with Crippen LogP contribution in [0.3, 0.4) is 0 Å². The molecule has 146 heavy (non-hydrogen) atoms. The van der Waals surface area contributed by atoms with E-state index in [1.807, 2.05) is 94.4 Å². The van der Waals surface area contributed by atoms with Gasteiger partial charge in [-0.2, -0.15) is 92.2 Å². The lowest BCUT2D eigenvalue weighted by atomic mass is 9.64. The Labute approximate surface area is 824 Å². The summed E-state index contributed by atoms with van der Waals surface area (Å²) in [4.78, 5) is 4.68. The second-order valence-electron chi connectivity index (χ2n) is 43.9. The van der Waals surface area contributed by atoms with Gasteiger partial charge in [-0.15, -0.1) is 0 Å². The lowest BCUT2D eigenvalue weighted by molar-refractivity contribution is -0.184. The van der Waals surface area contributed by atoms with Crippen LogP contribution in [-0.4, -0.2) is 48.2 Å². The first-order chi connectivity index (χ1) is 68.3. The molecule has 0 fully saturated rings. The van der Waals surface area contributed by atoms with Crippen LogP contribution in [0.25, 0.3) is 156 Å². The van der Waals surface area contributed by atoms with Gasteiger partial charge in [0.05, 0.1) is 5.69 Å². The Morgan fingerprint density at radius 2 is 0.411 bits per heavy atom. The van der Waals surface area contributed by atoms with Crippen molar-refractivity contribution in [2.24, 2.45) is 0 Å². The van der Waals surface area contributed by atoms with Gasteiger partial charge < -0.3 is 4.74 Å². The van der Waals surface area contributed by atoms with Crippen molar-refractivity contribution in [3.05, 3.63) is 372 Å². The van der Waals surface area contributed by atoms with Gasteiger partial charge in [-0.1, -0.05) is 236 Å². The zero-order valence-electron chi connectivity index (χ0n) is 80.1. The van der Waals surface area contributed by atoms with Crippen molar-refractivity contribution < 1.29 is 96.9 Å². The highest BCUT2D eigenvalue weighted by Crippen LogP contribution is 2.77. The highest BCUT2D eigenvalue weighted by molar-refractivity contribution is 6.05. The van der Waals surface area contributed by atoms with Crippen molar-refractivity contribution in [2.75, 3.05) is 0 Å². The summed E-state index contributed by atoms with van der Waals surface area (Å²) < 4.78 is 368. The molecule has 0 saturated heterocycles. The van der Waals surface area contributed by atoms with Crippen LogP contribution >= 0.6 is 0 Å². The molecule has 2 nitrogen and oxygen atoms in total. The number of fused-ring (bicyclic) bond motifs is 39. The van der Waals surface area contributed by atoms with Gasteiger partial charge in [-0.3, -0.25) is 4.98 Å². The molecule has 10 aliphatic carbocycles. The third kappa shape index (κ3) is 10.6. The summed E-state index contributed by atoms with van der Waals surface area (Å²) in [6, 6.07) is 64.7. The largest absolute Gasteiger partial charge is 0.457 e. The van der Waals surface area contributed by atoms with E-state index in [4.69, 9.17) is 4.74 Å². The van der Waals surface area contributed by atoms with Crippen LogP contribution in [0.5, 0.6) is 11.5 Å². The van der Waals surface area contributed by atoms with Crippen LogP contribution in [0.1, 0.15) is 201 Å². The minimum atomic E-state index is -5.90. The molecular formula is C123H82F21NO. The van der Waals surface area contributed by atoms with Crippen molar-refractivity contribution in [1.82, 2.24) is 4.98 Å². The van der Waals surface area contributed by atoms with Crippen molar-refractivity contribution >= 4 is 10.8 Å². The fourth-order valence-electron chi connectivity index (χ4n) is 29.0. The molecule has 0 bridgehead atoms. The van der Waals surface area contributed by atoms with Crippen molar-refractivity contribution in [1.29, 1.82) is 0 Å². The summed E-state index contributed by atoms with van der Waals surface area (Å²) in [5, 5.41) is 1.72. The molecule has 732 valence electrons. The Balaban J connectivity index is 0.601. The molecule has 0 aliphatic heterocycles. The topological polar surface area (TPSA) is 22.1 Å². The predicted octanol–water partition coefficient (Wildman–Crippen LogP) is 35.9. The molecule has 0 spiro atoms. The second kappa shape index (κ2) is 27.7. The molecular weight excluding hydrogens is 1910 g/mol. The van der Waals surface area contributed by atoms with Crippen LogP contribution in [0, 0.1) is 0 Å². The van der Waals surface area contributed by atoms with E-state index in [1.165, 1.54) is 61.5 Å². The van der Waals surface area contributed by atoms with Gasteiger partial charge in [-0.25, -0.2) is 0 Å². The second-order valence-corrected chi connectivity index (χ2v) is 43.9. The first kappa shape index (κ1) is 91.9. The molecule has 1 aromatic heterocycles. The van der Waals surface area contributed by atoms with Crippen molar-refractivity contribution in [3.63, 3.8) is 0 Å². The lowest BCUT2D eigenvalue weighted by Crippen LogP contribution is -2.48. The van der Waals surface area contributed by atoms with Crippen LogP contribution in [0.15, 0.2) is 261 Å². The number of halogens is 21. The van der Waals surface area contributed by atoms with Crippen molar-refractivity contribution in [2.45, 2.75) is 187 Å². The average molecular weight is 1990 g/mol. The number of rotatable bonds is 5. The normalized spacial score (nSPS) is 22.8. The van der Waals surface area contributed by atoms with Crippen LogP contribution < -0.4 is 4.74 Å². The minimum Gasteiger partial charge on any atom is -0.457 e. The van der Waals surface area contributed by atoms with Gasteiger partial charge in [0.15, 0.2) is 0 Å². The molecule has 16 aromatic rings. The monoisotopic (exact) mass is 1990 g/mol. The molecule has 26 rings (SSSR count). The Morgan fingerprint density at radius 3 is 0.712 bits per heavy atom. The maximum Gasteiger partial charge on any atom is 0.402 e. The van der Waals surface area contributed by atoms with Crippen LogP contribution in [0.2, 0.25) is 0 Å². The van der Waals surface area contributed by atoms with Gasteiger partial charge >= 0.3 is 43.2 Å². The van der Waals surface area contributed by atoms with E-state index >= 15 is 92.2 Å². The number of ether oxygens (including phenoxy) is 1. The van der Waals surface area contributed by atoms with Crippen LogP contribution in [0.4, 0.5) is 92.2 Å². The number of alkyl halides is 21. The van der Waals surface area contributed by atoms with Gasteiger partial charge in [0.2, 0.25) is 0 Å². The van der Waals surface area contributed by atoms with E-state index in [9.17, 15) is 0 Å². The molecule has 1 heterocycles. The molecule has 10 aliphatic rings. The summed E-state index contributed by atoms with van der Waals surface area (Å²) in [6.45, 7) is 17.1. The number of pyridine rings is 1. The first-order valence-corrected chi connectivity index (χ1v) is 48.0. The van der Waals surface area contributed by atoms with Gasteiger partial charge in [0.25, 0.3) is 0 Å². The highest BCUT2D eigenvalue weighted by atomic mass is 19.4. The standard InChI is InChI=1S/C123H82F21NO/c1-107(2)90-74(40-42-76-78-38-34-70-66-22-16-18-24-86(66)110(7,117(124,125)126)96(70)94(78)108(3,4)92(76)90)75-41-43-77-79-39-35-72-68-32-28-59(55-88(68)112(9,119(130,131)132)97(72)95(79)109(5,6)93(77)91(75)107)61-52-62(54-64(53-61)146-63-30-26-58(27-31-63)106-65-21-15-14-20-57(65)50-51-145-106)60-29-33-69-73-37-45-81-83-47-49-85-84-48-46-82-80-44-36-71-67-23-17-19-25-87(67)111(8,118(127,128)129)98(71)100(80)114(11,121(136,137)138)102(82)104(84)116(13,123(142,143)144)105(85)103(83)115(12,122(139,140)141)101(81)99(73)113(10,89(69)56-60)120(133,134)135/h14-56H,1-13H3. The van der Waals surface area contributed by atoms with Gasteiger partial charge in [0.1, 0.15) is 49.4 Å².